The van der Waals surface area contributed by atoms with Crippen LogP contribution in [-0.2, 0) is 18.4 Å². The van der Waals surface area contributed by atoms with Gasteiger partial charge in [-0.05, 0) is 37.2 Å². The molecular weight excluding hydrogens is 292 g/mol. The van der Waals surface area contributed by atoms with E-state index in [1.807, 2.05) is 30.2 Å². The molecular formula is C17H22N4O2. The Hall–Kier alpha value is -1.95. The molecule has 2 aliphatic carbocycles. The van der Waals surface area contributed by atoms with Crippen LogP contribution in [-0.4, -0.2) is 31.0 Å². The fourth-order valence-corrected chi connectivity index (χ4v) is 3.68. The summed E-state index contributed by atoms with van der Waals surface area (Å²) in [6.45, 7) is 0.720. The first-order chi connectivity index (χ1) is 11.2. The molecule has 0 spiro atoms. The maximum Gasteiger partial charge on any atom is 0.123 e. The van der Waals surface area contributed by atoms with Gasteiger partial charge in [0.25, 0.3) is 0 Å². The molecule has 4 atom stereocenters. The highest BCUT2D eigenvalue weighted by Gasteiger charge is 2.46. The normalized spacial score (nSPS) is 26.0. The van der Waals surface area contributed by atoms with Crippen LogP contribution >= 0.6 is 0 Å². The number of aryl methyl sites for hydroxylation is 1. The van der Waals surface area contributed by atoms with Crippen molar-refractivity contribution in [1.29, 1.82) is 0 Å². The van der Waals surface area contributed by atoms with Crippen LogP contribution in [0.3, 0.4) is 0 Å². The Labute approximate surface area is 135 Å². The molecule has 0 radical (unpaired) electrons. The summed E-state index contributed by atoms with van der Waals surface area (Å²) in [6.07, 6.45) is 9.27. The van der Waals surface area contributed by atoms with Crippen molar-refractivity contribution in [2.24, 2.45) is 24.8 Å². The van der Waals surface area contributed by atoms with Crippen molar-refractivity contribution in [2.75, 3.05) is 0 Å². The third kappa shape index (κ3) is 2.72. The van der Waals surface area contributed by atoms with Gasteiger partial charge in [-0.15, -0.1) is 0 Å². The van der Waals surface area contributed by atoms with E-state index in [4.69, 9.17) is 0 Å². The number of carbonyl (C=O) groups is 1. The lowest BCUT2D eigenvalue weighted by Crippen LogP contribution is -2.17. The van der Waals surface area contributed by atoms with Crippen molar-refractivity contribution >= 4 is 6.29 Å². The number of carbonyl (C=O) groups excluding carboxylic acids is 1. The maximum absolute atomic E-state index is 11.2. The lowest BCUT2D eigenvalue weighted by molar-refractivity contribution is -0.109. The molecule has 2 fully saturated rings. The van der Waals surface area contributed by atoms with Gasteiger partial charge in [0.2, 0.25) is 0 Å². The SMILES string of the molecule is Cn1ncc([C@@H](Cn2cccn2)C2CC2C=O)c1C(O)C1CC1. The van der Waals surface area contributed by atoms with Gasteiger partial charge in [0.05, 0.1) is 18.0 Å². The highest BCUT2D eigenvalue weighted by Crippen LogP contribution is 2.50. The van der Waals surface area contributed by atoms with E-state index >= 15 is 0 Å². The molecule has 1 N–H and O–H groups in total. The quantitative estimate of drug-likeness (QED) is 0.789. The van der Waals surface area contributed by atoms with Crippen molar-refractivity contribution in [3.8, 4) is 0 Å². The Bertz CT molecular complexity index is 690. The van der Waals surface area contributed by atoms with Gasteiger partial charge in [0, 0.05) is 43.4 Å². The first kappa shape index (κ1) is 14.6. The van der Waals surface area contributed by atoms with Gasteiger partial charge in [-0.25, -0.2) is 0 Å². The molecule has 3 unspecified atom stereocenters. The second-order valence-electron chi connectivity index (χ2n) is 6.93. The van der Waals surface area contributed by atoms with Crippen molar-refractivity contribution in [2.45, 2.75) is 37.8 Å². The van der Waals surface area contributed by atoms with Crippen LogP contribution in [0.5, 0.6) is 0 Å². The highest BCUT2D eigenvalue weighted by molar-refractivity contribution is 5.59. The first-order valence-corrected chi connectivity index (χ1v) is 8.31. The zero-order valence-electron chi connectivity index (χ0n) is 13.2. The lowest BCUT2D eigenvalue weighted by Gasteiger charge is -2.20. The Morgan fingerprint density at radius 3 is 2.87 bits per heavy atom. The van der Waals surface area contributed by atoms with Crippen LogP contribution in [0.1, 0.15) is 42.5 Å². The molecule has 2 heterocycles. The smallest absolute Gasteiger partial charge is 0.123 e. The minimum atomic E-state index is -0.453. The number of aldehydes is 1. The fraction of sp³-hybridized carbons (Fsp3) is 0.588. The molecule has 0 aromatic carbocycles. The van der Waals surface area contributed by atoms with Crippen LogP contribution in [0.2, 0.25) is 0 Å². The average molecular weight is 314 g/mol. The Kier molecular flexibility index (Phi) is 3.56. The number of nitrogens with zero attached hydrogens (tertiary/aromatic N) is 4. The number of aliphatic hydroxyl groups is 1. The van der Waals surface area contributed by atoms with Crippen molar-refractivity contribution in [1.82, 2.24) is 19.6 Å². The standard InChI is InChI=1S/C17H22N4O2/c1-20-16(17(23)11-3-4-11)14(8-19-20)15(13-7-12(13)10-22)9-21-6-2-5-18-21/h2,5-6,8,10-13,15,17,23H,3-4,7,9H2,1H3/t12?,13?,15-,17?/m0/s1. The van der Waals surface area contributed by atoms with E-state index in [2.05, 4.69) is 10.2 Å². The number of hydrogen-bond donors (Lipinski definition) is 1. The van der Waals surface area contributed by atoms with E-state index in [0.29, 0.717) is 11.8 Å². The average Bonchev–Trinajstić information content (AvgIpc) is 3.45. The molecule has 0 bridgehead atoms. The minimum Gasteiger partial charge on any atom is -0.387 e. The predicted molar refractivity (Wildman–Crippen MR) is 83.5 cm³/mol. The second-order valence-corrected chi connectivity index (χ2v) is 6.93. The van der Waals surface area contributed by atoms with Crippen LogP contribution in [0.4, 0.5) is 0 Å². The zero-order chi connectivity index (χ0) is 16.0. The monoisotopic (exact) mass is 314 g/mol. The van der Waals surface area contributed by atoms with Crippen LogP contribution in [0.15, 0.2) is 24.7 Å². The molecule has 2 aromatic heterocycles. The molecule has 23 heavy (non-hydrogen) atoms. The minimum absolute atomic E-state index is 0.127. The van der Waals surface area contributed by atoms with E-state index in [9.17, 15) is 9.90 Å². The van der Waals surface area contributed by atoms with E-state index < -0.39 is 6.10 Å². The third-order valence-corrected chi connectivity index (χ3v) is 5.29. The van der Waals surface area contributed by atoms with E-state index in [-0.39, 0.29) is 11.8 Å². The number of aromatic nitrogens is 4. The fourth-order valence-electron chi connectivity index (χ4n) is 3.68. The highest BCUT2D eigenvalue weighted by atomic mass is 16.3. The zero-order valence-corrected chi connectivity index (χ0v) is 13.2. The summed E-state index contributed by atoms with van der Waals surface area (Å²) in [5.41, 5.74) is 2.00. The molecule has 0 amide bonds. The largest absolute Gasteiger partial charge is 0.387 e. The summed E-state index contributed by atoms with van der Waals surface area (Å²) in [6, 6.07) is 1.91. The van der Waals surface area contributed by atoms with Gasteiger partial charge < -0.3 is 9.90 Å². The summed E-state index contributed by atoms with van der Waals surface area (Å²) in [5, 5.41) is 19.4. The van der Waals surface area contributed by atoms with Crippen LogP contribution in [0, 0.1) is 17.8 Å². The van der Waals surface area contributed by atoms with Crippen LogP contribution in [0.25, 0.3) is 0 Å². The van der Waals surface area contributed by atoms with Crippen molar-refractivity contribution in [3.63, 3.8) is 0 Å². The van der Waals surface area contributed by atoms with E-state index in [0.717, 1.165) is 43.4 Å². The molecule has 0 saturated heterocycles. The number of aliphatic hydroxyl groups excluding tert-OH is 1. The first-order valence-electron chi connectivity index (χ1n) is 8.31. The van der Waals surface area contributed by atoms with E-state index in [1.165, 1.54) is 0 Å². The van der Waals surface area contributed by atoms with E-state index in [1.54, 1.807) is 10.9 Å². The molecule has 2 aromatic rings. The molecule has 6 nitrogen and oxygen atoms in total. The Morgan fingerprint density at radius 1 is 1.43 bits per heavy atom. The van der Waals surface area contributed by atoms with Gasteiger partial charge in [-0.3, -0.25) is 9.36 Å². The molecule has 0 aliphatic heterocycles. The van der Waals surface area contributed by atoms with Gasteiger partial charge in [0.1, 0.15) is 6.29 Å². The van der Waals surface area contributed by atoms with Gasteiger partial charge in [0.15, 0.2) is 0 Å². The van der Waals surface area contributed by atoms with Gasteiger partial charge >= 0.3 is 0 Å². The summed E-state index contributed by atoms with van der Waals surface area (Å²) in [5.74, 6) is 0.977. The summed E-state index contributed by atoms with van der Waals surface area (Å²) in [4.78, 5) is 11.2. The topological polar surface area (TPSA) is 72.9 Å². The summed E-state index contributed by atoms with van der Waals surface area (Å²) >= 11 is 0. The summed E-state index contributed by atoms with van der Waals surface area (Å²) < 4.78 is 3.71. The van der Waals surface area contributed by atoms with Gasteiger partial charge in [-0.1, -0.05) is 0 Å². The molecule has 122 valence electrons. The Morgan fingerprint density at radius 2 is 2.26 bits per heavy atom. The second kappa shape index (κ2) is 5.60. The van der Waals surface area contributed by atoms with Crippen molar-refractivity contribution < 1.29 is 9.90 Å². The molecule has 2 aliphatic rings. The third-order valence-electron chi connectivity index (χ3n) is 5.29. The molecule has 2 saturated carbocycles. The van der Waals surface area contributed by atoms with Gasteiger partial charge in [-0.2, -0.15) is 10.2 Å². The number of rotatable bonds is 7. The maximum atomic E-state index is 11.2. The predicted octanol–water partition coefficient (Wildman–Crippen LogP) is 1.68. The van der Waals surface area contributed by atoms with Crippen molar-refractivity contribution in [3.05, 3.63) is 35.9 Å². The molecule has 4 rings (SSSR count). The van der Waals surface area contributed by atoms with Crippen LogP contribution < -0.4 is 0 Å². The summed E-state index contributed by atoms with van der Waals surface area (Å²) in [7, 11) is 1.89. The Balaban J connectivity index is 1.67. The number of hydrogen-bond acceptors (Lipinski definition) is 4. The lowest BCUT2D eigenvalue weighted by atomic mass is 9.91. The molecule has 6 heteroatoms.